The number of aromatic nitrogens is 2. The van der Waals surface area contributed by atoms with Crippen molar-refractivity contribution < 1.29 is 4.39 Å². The van der Waals surface area contributed by atoms with E-state index in [9.17, 15) is 4.39 Å². The van der Waals surface area contributed by atoms with Crippen molar-refractivity contribution >= 4 is 29.9 Å². The van der Waals surface area contributed by atoms with E-state index in [1.165, 1.54) is 0 Å². The van der Waals surface area contributed by atoms with Gasteiger partial charge in [-0.1, -0.05) is 13.0 Å². The van der Waals surface area contributed by atoms with Crippen LogP contribution in [0.15, 0.2) is 35.6 Å². The van der Waals surface area contributed by atoms with Crippen molar-refractivity contribution in [1.82, 2.24) is 25.1 Å². The van der Waals surface area contributed by atoms with Gasteiger partial charge in [0.2, 0.25) is 0 Å². The number of hydrogen-bond donors (Lipinski definition) is 2. The van der Waals surface area contributed by atoms with Crippen LogP contribution < -0.4 is 10.6 Å². The molecule has 1 aliphatic rings. The SMILES string of the molecule is CN=C(NCc1ccc(-n2ccnc2C)c(F)c1)NC1CN(C(C)C)CC1C.I. The third-order valence-electron chi connectivity index (χ3n) is 5.47. The molecule has 1 aliphatic heterocycles. The standard InChI is InChI=1S/C21H31FN6.HI/c1-14(2)27-12-15(3)19(13-27)26-21(23-5)25-11-17-6-7-20(18(22)10-17)28-9-8-24-16(28)4;/h6-10,14-15,19H,11-13H2,1-5H3,(H2,23,25,26);1H. The first-order valence-corrected chi connectivity index (χ1v) is 9.89. The number of benzene rings is 1. The number of nitrogens with zero attached hydrogens (tertiary/aromatic N) is 4. The molecule has 6 nitrogen and oxygen atoms in total. The maximum atomic E-state index is 14.6. The van der Waals surface area contributed by atoms with Crippen molar-refractivity contribution in [2.45, 2.75) is 46.3 Å². The van der Waals surface area contributed by atoms with Crippen molar-refractivity contribution in [3.63, 3.8) is 0 Å². The highest BCUT2D eigenvalue weighted by molar-refractivity contribution is 14.0. The van der Waals surface area contributed by atoms with E-state index in [4.69, 9.17) is 0 Å². The molecule has 8 heteroatoms. The number of likely N-dealkylation sites (tertiary alicyclic amines) is 1. The molecule has 0 bridgehead atoms. The van der Waals surface area contributed by atoms with Crippen molar-refractivity contribution in [3.05, 3.63) is 47.8 Å². The predicted octanol–water partition coefficient (Wildman–Crippen LogP) is 3.33. The van der Waals surface area contributed by atoms with Crippen LogP contribution in [0.2, 0.25) is 0 Å². The second-order valence-corrected chi connectivity index (χ2v) is 7.83. The van der Waals surface area contributed by atoms with E-state index in [0.717, 1.165) is 30.4 Å². The Kier molecular flexibility index (Phi) is 8.45. The molecule has 0 radical (unpaired) electrons. The Labute approximate surface area is 190 Å². The largest absolute Gasteiger partial charge is 0.352 e. The first-order valence-electron chi connectivity index (χ1n) is 9.89. The van der Waals surface area contributed by atoms with Crippen LogP contribution in [0.1, 0.15) is 32.2 Å². The van der Waals surface area contributed by atoms with E-state index in [-0.39, 0.29) is 29.8 Å². The number of imidazole rings is 1. The summed E-state index contributed by atoms with van der Waals surface area (Å²) >= 11 is 0. The zero-order valence-corrected chi connectivity index (χ0v) is 20.1. The van der Waals surface area contributed by atoms with Crippen LogP contribution in [0.25, 0.3) is 5.69 Å². The van der Waals surface area contributed by atoms with Gasteiger partial charge in [-0.05, 0) is 44.4 Å². The maximum absolute atomic E-state index is 14.6. The highest BCUT2D eigenvalue weighted by Crippen LogP contribution is 2.19. The normalized spacial score (nSPS) is 20.0. The highest BCUT2D eigenvalue weighted by atomic mass is 127. The van der Waals surface area contributed by atoms with Gasteiger partial charge in [-0.3, -0.25) is 9.89 Å². The molecule has 1 aromatic heterocycles. The van der Waals surface area contributed by atoms with Crippen molar-refractivity contribution in [1.29, 1.82) is 0 Å². The molecule has 2 atom stereocenters. The van der Waals surface area contributed by atoms with Crippen LogP contribution in [0.3, 0.4) is 0 Å². The first-order chi connectivity index (χ1) is 13.4. The number of guanidine groups is 1. The van der Waals surface area contributed by atoms with Crippen LogP contribution in [0.5, 0.6) is 0 Å². The fourth-order valence-electron chi connectivity index (χ4n) is 3.66. The Balaban J connectivity index is 0.00000300. The van der Waals surface area contributed by atoms with Gasteiger partial charge in [-0.25, -0.2) is 9.37 Å². The van der Waals surface area contributed by atoms with Crippen molar-refractivity contribution in [2.24, 2.45) is 10.9 Å². The topological polar surface area (TPSA) is 57.5 Å². The zero-order valence-electron chi connectivity index (χ0n) is 17.8. The van der Waals surface area contributed by atoms with Gasteiger partial charge in [-0.2, -0.15) is 0 Å². The van der Waals surface area contributed by atoms with Gasteiger partial charge in [0.05, 0.1) is 5.69 Å². The van der Waals surface area contributed by atoms with Gasteiger partial charge < -0.3 is 15.2 Å². The number of halogens is 2. The maximum Gasteiger partial charge on any atom is 0.191 e. The average molecular weight is 514 g/mol. The predicted molar refractivity (Wildman–Crippen MR) is 127 cm³/mol. The minimum atomic E-state index is -0.264. The molecule has 0 aliphatic carbocycles. The van der Waals surface area contributed by atoms with E-state index >= 15 is 0 Å². The minimum absolute atomic E-state index is 0. The summed E-state index contributed by atoms with van der Waals surface area (Å²) in [6.07, 6.45) is 3.44. The van der Waals surface area contributed by atoms with Gasteiger partial charge in [0, 0.05) is 51.2 Å². The summed E-state index contributed by atoms with van der Waals surface area (Å²) in [5.74, 6) is 1.80. The fourth-order valence-corrected chi connectivity index (χ4v) is 3.66. The quantitative estimate of drug-likeness (QED) is 0.365. The molecule has 2 N–H and O–H groups in total. The summed E-state index contributed by atoms with van der Waals surface area (Å²) in [6, 6.07) is 6.18. The Bertz CT molecular complexity index is 834. The molecule has 3 rings (SSSR count). The fraction of sp³-hybridized carbons (Fsp3) is 0.524. The lowest BCUT2D eigenvalue weighted by Gasteiger charge is -2.22. The van der Waals surface area contributed by atoms with E-state index in [1.807, 2.05) is 13.0 Å². The highest BCUT2D eigenvalue weighted by Gasteiger charge is 2.31. The third-order valence-corrected chi connectivity index (χ3v) is 5.47. The molecule has 29 heavy (non-hydrogen) atoms. The molecule has 1 saturated heterocycles. The monoisotopic (exact) mass is 514 g/mol. The number of aliphatic imine (C=N–C) groups is 1. The Morgan fingerprint density at radius 1 is 1.34 bits per heavy atom. The smallest absolute Gasteiger partial charge is 0.191 e. The van der Waals surface area contributed by atoms with E-state index in [1.54, 1.807) is 36.1 Å². The lowest BCUT2D eigenvalue weighted by Crippen LogP contribution is -2.46. The molecular weight excluding hydrogens is 482 g/mol. The number of rotatable bonds is 5. The second kappa shape index (κ2) is 10.4. The molecule has 160 valence electrons. The van der Waals surface area contributed by atoms with E-state index < -0.39 is 0 Å². The van der Waals surface area contributed by atoms with Crippen LogP contribution in [-0.2, 0) is 6.54 Å². The summed E-state index contributed by atoms with van der Waals surface area (Å²) in [7, 11) is 1.76. The van der Waals surface area contributed by atoms with Gasteiger partial charge >= 0.3 is 0 Å². The average Bonchev–Trinajstić information content (AvgIpc) is 3.24. The molecule has 2 unspecified atom stereocenters. The first kappa shape index (κ1) is 23.6. The molecule has 2 heterocycles. The van der Waals surface area contributed by atoms with Crippen molar-refractivity contribution in [2.75, 3.05) is 20.1 Å². The third kappa shape index (κ3) is 5.69. The molecule has 0 spiro atoms. The Morgan fingerprint density at radius 3 is 2.66 bits per heavy atom. The molecule has 0 amide bonds. The van der Waals surface area contributed by atoms with Crippen LogP contribution in [0, 0.1) is 18.7 Å². The summed E-state index contributed by atoms with van der Waals surface area (Å²) in [4.78, 5) is 11.0. The second-order valence-electron chi connectivity index (χ2n) is 7.83. The number of aryl methyl sites for hydroxylation is 1. The van der Waals surface area contributed by atoms with Gasteiger partial charge in [0.1, 0.15) is 11.6 Å². The Morgan fingerprint density at radius 2 is 2.10 bits per heavy atom. The number of nitrogens with one attached hydrogen (secondary N) is 2. The van der Waals surface area contributed by atoms with Gasteiger partial charge in [0.25, 0.3) is 0 Å². The minimum Gasteiger partial charge on any atom is -0.352 e. The van der Waals surface area contributed by atoms with Crippen LogP contribution >= 0.6 is 24.0 Å². The van der Waals surface area contributed by atoms with E-state index in [0.29, 0.717) is 30.2 Å². The summed E-state index contributed by atoms with van der Waals surface area (Å²) in [6.45, 7) is 11.2. The van der Waals surface area contributed by atoms with Gasteiger partial charge in [0.15, 0.2) is 5.96 Å². The molecule has 0 saturated carbocycles. The lowest BCUT2D eigenvalue weighted by atomic mass is 10.1. The van der Waals surface area contributed by atoms with Crippen LogP contribution in [0.4, 0.5) is 4.39 Å². The lowest BCUT2D eigenvalue weighted by molar-refractivity contribution is 0.265. The molecule has 2 aromatic rings. The van der Waals surface area contributed by atoms with E-state index in [2.05, 4.69) is 46.3 Å². The Hall–Kier alpha value is -1.68. The summed E-state index contributed by atoms with van der Waals surface area (Å²) in [5, 5.41) is 6.82. The zero-order chi connectivity index (χ0) is 20.3. The number of hydrogen-bond acceptors (Lipinski definition) is 3. The molecular formula is C21H32FIN6. The molecule has 1 fully saturated rings. The van der Waals surface area contributed by atoms with Gasteiger partial charge in [-0.15, -0.1) is 24.0 Å². The van der Waals surface area contributed by atoms with Crippen molar-refractivity contribution in [3.8, 4) is 5.69 Å². The molecule has 1 aromatic carbocycles. The summed E-state index contributed by atoms with van der Waals surface area (Å²) in [5.41, 5.74) is 1.38. The van der Waals surface area contributed by atoms with Crippen LogP contribution in [-0.4, -0.2) is 52.6 Å². The summed E-state index contributed by atoms with van der Waals surface area (Å²) < 4.78 is 16.3.